The van der Waals surface area contributed by atoms with E-state index in [9.17, 15) is 0 Å². The molecular formula is C15H20N2O2. The summed E-state index contributed by atoms with van der Waals surface area (Å²) in [5.74, 6) is 2.02. The molecule has 0 aliphatic rings. The molecule has 4 nitrogen and oxygen atoms in total. The summed E-state index contributed by atoms with van der Waals surface area (Å²) in [7, 11) is 0. The molecule has 0 N–H and O–H groups in total. The number of rotatable bonds is 4. The van der Waals surface area contributed by atoms with Crippen molar-refractivity contribution >= 4 is 0 Å². The molecule has 0 amide bonds. The van der Waals surface area contributed by atoms with Gasteiger partial charge >= 0.3 is 0 Å². The van der Waals surface area contributed by atoms with E-state index >= 15 is 0 Å². The molecule has 0 radical (unpaired) electrons. The van der Waals surface area contributed by atoms with Crippen LogP contribution in [0.3, 0.4) is 0 Å². The molecule has 4 heteroatoms. The number of nitrogens with zero attached hydrogens (tertiary/aromatic N) is 2. The zero-order valence-electron chi connectivity index (χ0n) is 11.9. The first-order chi connectivity index (χ1) is 9.00. The van der Waals surface area contributed by atoms with Crippen LogP contribution in [-0.4, -0.2) is 10.2 Å². The van der Waals surface area contributed by atoms with Crippen molar-refractivity contribution in [2.75, 3.05) is 0 Å². The highest BCUT2D eigenvalue weighted by atomic mass is 16.5. The molecule has 0 aliphatic carbocycles. The van der Waals surface area contributed by atoms with Crippen molar-refractivity contribution < 1.29 is 9.15 Å². The van der Waals surface area contributed by atoms with Crippen LogP contribution in [0.15, 0.2) is 28.7 Å². The van der Waals surface area contributed by atoms with Gasteiger partial charge in [0, 0.05) is 6.42 Å². The summed E-state index contributed by atoms with van der Waals surface area (Å²) in [4.78, 5) is 0. The van der Waals surface area contributed by atoms with Crippen LogP contribution in [0.25, 0.3) is 0 Å². The van der Waals surface area contributed by atoms with Gasteiger partial charge in [-0.25, -0.2) is 0 Å². The number of para-hydroxylation sites is 1. The fraction of sp³-hybridized carbons (Fsp3) is 0.467. The van der Waals surface area contributed by atoms with Crippen LogP contribution in [0.2, 0.25) is 0 Å². The van der Waals surface area contributed by atoms with Gasteiger partial charge in [0.15, 0.2) is 6.61 Å². The van der Waals surface area contributed by atoms with E-state index in [2.05, 4.69) is 37.0 Å². The fourth-order valence-electron chi connectivity index (χ4n) is 1.84. The minimum atomic E-state index is 0.0417. The van der Waals surface area contributed by atoms with Crippen molar-refractivity contribution in [2.45, 2.75) is 46.1 Å². The van der Waals surface area contributed by atoms with Gasteiger partial charge in [0.25, 0.3) is 5.89 Å². The monoisotopic (exact) mass is 260 g/mol. The highest BCUT2D eigenvalue weighted by molar-refractivity contribution is 5.38. The maximum absolute atomic E-state index is 5.81. The number of hydrogen-bond acceptors (Lipinski definition) is 4. The minimum absolute atomic E-state index is 0.0417. The van der Waals surface area contributed by atoms with Crippen molar-refractivity contribution in [3.05, 3.63) is 41.6 Å². The predicted molar refractivity (Wildman–Crippen MR) is 73.2 cm³/mol. The standard InChI is InChI=1S/C15H20N2O2/c1-5-13-16-17-14(19-13)10-18-12-9-7-6-8-11(12)15(2,3)4/h6-9H,5,10H2,1-4H3. The lowest BCUT2D eigenvalue weighted by atomic mass is 9.86. The van der Waals surface area contributed by atoms with Gasteiger partial charge in [0.05, 0.1) is 0 Å². The molecule has 0 spiro atoms. The molecule has 0 saturated carbocycles. The van der Waals surface area contributed by atoms with Gasteiger partial charge in [0.2, 0.25) is 5.89 Å². The van der Waals surface area contributed by atoms with Gasteiger partial charge in [-0.05, 0) is 17.0 Å². The molecule has 1 heterocycles. The number of hydrogen-bond donors (Lipinski definition) is 0. The Morgan fingerprint density at radius 2 is 1.79 bits per heavy atom. The van der Waals surface area contributed by atoms with Gasteiger partial charge < -0.3 is 9.15 Å². The number of aromatic nitrogens is 2. The van der Waals surface area contributed by atoms with Crippen molar-refractivity contribution in [3.63, 3.8) is 0 Å². The van der Waals surface area contributed by atoms with Crippen molar-refractivity contribution in [1.29, 1.82) is 0 Å². The average molecular weight is 260 g/mol. The Morgan fingerprint density at radius 1 is 1.11 bits per heavy atom. The van der Waals surface area contributed by atoms with Crippen LogP contribution >= 0.6 is 0 Å². The first-order valence-corrected chi connectivity index (χ1v) is 6.54. The summed E-state index contributed by atoms with van der Waals surface area (Å²) in [5.41, 5.74) is 1.21. The van der Waals surface area contributed by atoms with E-state index in [0.717, 1.165) is 12.2 Å². The molecule has 0 bridgehead atoms. The number of ether oxygens (including phenoxy) is 1. The highest BCUT2D eigenvalue weighted by Crippen LogP contribution is 2.31. The summed E-state index contributed by atoms with van der Waals surface area (Å²) < 4.78 is 11.2. The van der Waals surface area contributed by atoms with Crippen LogP contribution in [0.1, 0.15) is 45.0 Å². The molecule has 0 aliphatic heterocycles. The zero-order chi connectivity index (χ0) is 13.9. The van der Waals surface area contributed by atoms with Crippen LogP contribution < -0.4 is 4.74 Å². The van der Waals surface area contributed by atoms with Gasteiger partial charge in [-0.3, -0.25) is 0 Å². The first kappa shape index (κ1) is 13.6. The number of aryl methyl sites for hydroxylation is 1. The zero-order valence-corrected chi connectivity index (χ0v) is 11.9. The Morgan fingerprint density at radius 3 is 2.42 bits per heavy atom. The second-order valence-corrected chi connectivity index (χ2v) is 5.48. The average Bonchev–Trinajstić information content (AvgIpc) is 2.83. The van der Waals surface area contributed by atoms with Gasteiger partial charge in [-0.2, -0.15) is 0 Å². The lowest BCUT2D eigenvalue weighted by molar-refractivity contribution is 0.253. The smallest absolute Gasteiger partial charge is 0.253 e. The summed E-state index contributed by atoms with van der Waals surface area (Å²) in [5, 5.41) is 7.87. The summed E-state index contributed by atoms with van der Waals surface area (Å²) in [6, 6.07) is 8.05. The van der Waals surface area contributed by atoms with Gasteiger partial charge in [-0.15, -0.1) is 10.2 Å². The second kappa shape index (κ2) is 5.43. The van der Waals surface area contributed by atoms with Crippen molar-refractivity contribution in [1.82, 2.24) is 10.2 Å². The lowest BCUT2D eigenvalue weighted by Crippen LogP contribution is -2.13. The Labute approximate surface area is 113 Å². The maximum Gasteiger partial charge on any atom is 0.253 e. The normalized spacial score (nSPS) is 11.6. The molecule has 0 fully saturated rings. The largest absolute Gasteiger partial charge is 0.484 e. The van der Waals surface area contributed by atoms with Crippen LogP contribution in [-0.2, 0) is 18.4 Å². The van der Waals surface area contributed by atoms with Gasteiger partial charge in [0.1, 0.15) is 5.75 Å². The molecular weight excluding hydrogens is 240 g/mol. The Kier molecular flexibility index (Phi) is 3.88. The quantitative estimate of drug-likeness (QED) is 0.844. The predicted octanol–water partition coefficient (Wildman–Crippen LogP) is 3.51. The highest BCUT2D eigenvalue weighted by Gasteiger charge is 2.18. The molecule has 0 saturated heterocycles. The topological polar surface area (TPSA) is 48.2 Å². The third-order valence-corrected chi connectivity index (χ3v) is 2.86. The van der Waals surface area contributed by atoms with Crippen LogP contribution in [0, 0.1) is 0 Å². The molecule has 19 heavy (non-hydrogen) atoms. The lowest BCUT2D eigenvalue weighted by Gasteiger charge is -2.22. The van der Waals surface area contributed by atoms with E-state index in [1.165, 1.54) is 5.56 Å². The molecule has 102 valence electrons. The van der Waals surface area contributed by atoms with E-state index in [-0.39, 0.29) is 5.41 Å². The fourth-order valence-corrected chi connectivity index (χ4v) is 1.84. The number of benzene rings is 1. The summed E-state index contributed by atoms with van der Waals surface area (Å²) >= 11 is 0. The maximum atomic E-state index is 5.81. The van der Waals surface area contributed by atoms with Crippen molar-refractivity contribution in [3.8, 4) is 5.75 Å². The van der Waals surface area contributed by atoms with E-state index < -0.39 is 0 Å². The minimum Gasteiger partial charge on any atom is -0.484 e. The van der Waals surface area contributed by atoms with E-state index in [4.69, 9.17) is 9.15 Å². The first-order valence-electron chi connectivity index (χ1n) is 6.54. The third-order valence-electron chi connectivity index (χ3n) is 2.86. The Balaban J connectivity index is 2.11. The molecule has 2 rings (SSSR count). The third kappa shape index (κ3) is 3.34. The Hall–Kier alpha value is -1.84. The summed E-state index contributed by atoms with van der Waals surface area (Å²) in [6.07, 6.45) is 0.742. The van der Waals surface area contributed by atoms with E-state index in [0.29, 0.717) is 18.4 Å². The molecule has 2 aromatic rings. The Bertz CT molecular complexity index is 541. The molecule has 0 atom stereocenters. The SMILES string of the molecule is CCc1nnc(COc2ccccc2C(C)(C)C)o1. The molecule has 0 unspecified atom stereocenters. The van der Waals surface area contributed by atoms with E-state index in [1.807, 2.05) is 25.1 Å². The second-order valence-electron chi connectivity index (χ2n) is 5.48. The van der Waals surface area contributed by atoms with E-state index in [1.54, 1.807) is 0 Å². The summed E-state index contributed by atoms with van der Waals surface area (Å²) in [6.45, 7) is 8.78. The van der Waals surface area contributed by atoms with Crippen LogP contribution in [0.5, 0.6) is 5.75 Å². The molecule has 1 aromatic heterocycles. The van der Waals surface area contributed by atoms with Crippen LogP contribution in [0.4, 0.5) is 0 Å². The van der Waals surface area contributed by atoms with Crippen molar-refractivity contribution in [2.24, 2.45) is 0 Å². The molecule has 1 aromatic carbocycles. The van der Waals surface area contributed by atoms with Gasteiger partial charge in [-0.1, -0.05) is 45.9 Å².